The number of anilines is 1. The van der Waals surface area contributed by atoms with Crippen molar-refractivity contribution in [3.05, 3.63) is 45.9 Å². The number of aromatic nitrogens is 1. The number of aliphatic imine (C=N–C) groups is 1. The average molecular weight is 442 g/mol. The number of hydrogen-bond acceptors (Lipinski definition) is 4. The van der Waals surface area contributed by atoms with Crippen molar-refractivity contribution in [2.45, 2.75) is 45.8 Å². The van der Waals surface area contributed by atoms with Gasteiger partial charge in [-0.2, -0.15) is 13.2 Å². The van der Waals surface area contributed by atoms with Gasteiger partial charge >= 0.3 is 6.18 Å². The molecule has 0 aliphatic carbocycles. The third-order valence-electron chi connectivity index (χ3n) is 3.95. The molecule has 1 heterocycles. The molecular formula is C20H26F3N5OS. The van der Waals surface area contributed by atoms with Crippen LogP contribution in [0.4, 0.5) is 18.9 Å². The summed E-state index contributed by atoms with van der Waals surface area (Å²) in [5.74, 6) is 0.565. The summed E-state index contributed by atoms with van der Waals surface area (Å²) in [7, 11) is 0. The Labute approximate surface area is 178 Å². The van der Waals surface area contributed by atoms with E-state index in [1.54, 1.807) is 0 Å². The summed E-state index contributed by atoms with van der Waals surface area (Å²) in [5.41, 5.74) is 0.862. The van der Waals surface area contributed by atoms with Gasteiger partial charge in [0.05, 0.1) is 11.6 Å². The summed E-state index contributed by atoms with van der Waals surface area (Å²) in [6.45, 7) is 5.38. The number of nitrogens with one attached hydrogen (secondary N) is 3. The highest BCUT2D eigenvalue weighted by atomic mass is 32.1. The maximum Gasteiger partial charge on any atom is 0.434 e. The molecule has 10 heteroatoms. The second-order valence-electron chi connectivity index (χ2n) is 6.49. The zero-order valence-corrected chi connectivity index (χ0v) is 17.8. The maximum atomic E-state index is 12.6. The summed E-state index contributed by atoms with van der Waals surface area (Å²) < 4.78 is 37.8. The van der Waals surface area contributed by atoms with Gasteiger partial charge < -0.3 is 16.0 Å². The zero-order chi connectivity index (χ0) is 22.0. The number of carbonyl (C=O) groups is 1. The Hall–Kier alpha value is -2.62. The summed E-state index contributed by atoms with van der Waals surface area (Å²) in [4.78, 5) is 19.7. The number of amides is 1. The van der Waals surface area contributed by atoms with Crippen LogP contribution in [0, 0.1) is 0 Å². The zero-order valence-electron chi connectivity index (χ0n) is 17.0. The Bertz CT molecular complexity index is 834. The number of rotatable bonds is 9. The van der Waals surface area contributed by atoms with E-state index in [2.05, 4.69) is 25.9 Å². The fourth-order valence-corrected chi connectivity index (χ4v) is 3.30. The lowest BCUT2D eigenvalue weighted by Crippen LogP contribution is -2.38. The minimum atomic E-state index is -4.41. The molecule has 164 valence electrons. The third kappa shape index (κ3) is 8.02. The molecule has 0 saturated carbocycles. The number of halogens is 3. The second-order valence-corrected chi connectivity index (χ2v) is 7.43. The van der Waals surface area contributed by atoms with Crippen molar-refractivity contribution in [1.82, 2.24) is 15.6 Å². The van der Waals surface area contributed by atoms with Crippen LogP contribution in [0.5, 0.6) is 0 Å². The molecule has 0 unspecified atom stereocenters. The molecule has 0 fully saturated rings. The van der Waals surface area contributed by atoms with E-state index in [1.165, 1.54) is 0 Å². The molecule has 1 aromatic carbocycles. The first-order valence-electron chi connectivity index (χ1n) is 9.74. The predicted octanol–water partition coefficient (Wildman–Crippen LogP) is 4.20. The van der Waals surface area contributed by atoms with E-state index in [0.29, 0.717) is 43.4 Å². The number of thiazole rings is 1. The summed E-state index contributed by atoms with van der Waals surface area (Å²) >= 11 is 0.999. The van der Waals surface area contributed by atoms with Crippen molar-refractivity contribution in [2.75, 3.05) is 18.4 Å². The van der Waals surface area contributed by atoms with Crippen molar-refractivity contribution < 1.29 is 18.0 Å². The standard InChI is InChI=1S/C20H26F3N5OS/c1-3-5-17(29)27-15-8-6-14(7-9-15)12-26-19(24-4-2)25-11-10-18-28-16(13-30-18)20(21,22)23/h6-9,13H,3-5,10-12H2,1-2H3,(H,27,29)(H2,24,25,26). The minimum absolute atomic E-state index is 0.00973. The van der Waals surface area contributed by atoms with Crippen molar-refractivity contribution in [3.8, 4) is 0 Å². The van der Waals surface area contributed by atoms with E-state index in [0.717, 1.165) is 34.4 Å². The summed E-state index contributed by atoms with van der Waals surface area (Å²) in [6.07, 6.45) is -2.75. The van der Waals surface area contributed by atoms with E-state index < -0.39 is 11.9 Å². The first kappa shape index (κ1) is 23.7. The van der Waals surface area contributed by atoms with Gasteiger partial charge in [-0.25, -0.2) is 9.98 Å². The molecule has 0 atom stereocenters. The van der Waals surface area contributed by atoms with E-state index in [1.807, 2.05) is 38.1 Å². The van der Waals surface area contributed by atoms with Crippen LogP contribution in [0.15, 0.2) is 34.6 Å². The highest BCUT2D eigenvalue weighted by molar-refractivity contribution is 7.09. The molecule has 0 spiro atoms. The number of carbonyl (C=O) groups excluding carboxylic acids is 1. The quantitative estimate of drug-likeness (QED) is 0.403. The van der Waals surface area contributed by atoms with Crippen LogP contribution < -0.4 is 16.0 Å². The molecule has 0 aliphatic heterocycles. The van der Waals surface area contributed by atoms with Gasteiger partial charge in [0, 0.05) is 37.0 Å². The predicted molar refractivity (Wildman–Crippen MR) is 114 cm³/mol. The van der Waals surface area contributed by atoms with E-state index >= 15 is 0 Å². The summed E-state index contributed by atoms with van der Waals surface area (Å²) in [6, 6.07) is 7.45. The van der Waals surface area contributed by atoms with Crippen LogP contribution in [-0.4, -0.2) is 29.9 Å². The molecule has 2 aromatic rings. The highest BCUT2D eigenvalue weighted by Crippen LogP contribution is 2.30. The number of benzene rings is 1. The molecule has 0 saturated heterocycles. The van der Waals surface area contributed by atoms with Gasteiger partial charge in [0.2, 0.25) is 5.91 Å². The highest BCUT2D eigenvalue weighted by Gasteiger charge is 2.33. The molecule has 0 aliphatic rings. The average Bonchev–Trinajstić information content (AvgIpc) is 3.17. The van der Waals surface area contributed by atoms with Gasteiger partial charge in [0.1, 0.15) is 0 Å². The Morgan fingerprint density at radius 2 is 1.90 bits per heavy atom. The third-order valence-corrected chi connectivity index (χ3v) is 4.86. The second kappa shape index (κ2) is 11.5. The van der Waals surface area contributed by atoms with Crippen molar-refractivity contribution in [1.29, 1.82) is 0 Å². The van der Waals surface area contributed by atoms with Crippen LogP contribution in [0.2, 0.25) is 0 Å². The van der Waals surface area contributed by atoms with Crippen LogP contribution >= 0.6 is 11.3 Å². The van der Waals surface area contributed by atoms with Crippen LogP contribution in [0.1, 0.15) is 43.0 Å². The lowest BCUT2D eigenvalue weighted by Gasteiger charge is -2.11. The monoisotopic (exact) mass is 441 g/mol. The first-order valence-corrected chi connectivity index (χ1v) is 10.6. The normalized spacial score (nSPS) is 12.0. The topological polar surface area (TPSA) is 78.4 Å². The molecule has 6 nitrogen and oxygen atoms in total. The van der Waals surface area contributed by atoms with Crippen LogP contribution in [0.3, 0.4) is 0 Å². The van der Waals surface area contributed by atoms with Crippen molar-refractivity contribution in [3.63, 3.8) is 0 Å². The van der Waals surface area contributed by atoms with Crippen molar-refractivity contribution >= 4 is 28.9 Å². The fourth-order valence-electron chi connectivity index (χ4n) is 2.50. The molecule has 1 amide bonds. The minimum Gasteiger partial charge on any atom is -0.357 e. The smallest absolute Gasteiger partial charge is 0.357 e. The Morgan fingerprint density at radius 1 is 1.17 bits per heavy atom. The van der Waals surface area contributed by atoms with E-state index in [9.17, 15) is 18.0 Å². The van der Waals surface area contributed by atoms with Gasteiger partial charge in [-0.3, -0.25) is 4.79 Å². The largest absolute Gasteiger partial charge is 0.434 e. The van der Waals surface area contributed by atoms with Gasteiger partial charge in [-0.05, 0) is 31.0 Å². The molecule has 2 rings (SSSR count). The number of alkyl halides is 3. The molecule has 0 bridgehead atoms. The van der Waals surface area contributed by atoms with Gasteiger partial charge in [0.15, 0.2) is 11.7 Å². The number of guanidine groups is 1. The Kier molecular flexibility index (Phi) is 9.10. The van der Waals surface area contributed by atoms with Gasteiger partial charge in [0.25, 0.3) is 0 Å². The van der Waals surface area contributed by atoms with Gasteiger partial charge in [-0.1, -0.05) is 19.1 Å². The van der Waals surface area contributed by atoms with E-state index in [-0.39, 0.29) is 5.91 Å². The van der Waals surface area contributed by atoms with Crippen LogP contribution in [-0.2, 0) is 23.9 Å². The number of nitrogens with zero attached hydrogens (tertiary/aromatic N) is 2. The lowest BCUT2D eigenvalue weighted by molar-refractivity contribution is -0.140. The SMILES string of the molecule is CCCC(=O)Nc1ccc(CN=C(NCC)NCCc2nc(C(F)(F)F)cs2)cc1. The van der Waals surface area contributed by atoms with E-state index in [4.69, 9.17) is 0 Å². The Balaban J connectivity index is 1.86. The number of hydrogen-bond donors (Lipinski definition) is 3. The maximum absolute atomic E-state index is 12.6. The molecule has 0 radical (unpaired) electrons. The fraction of sp³-hybridized carbons (Fsp3) is 0.450. The molecule has 30 heavy (non-hydrogen) atoms. The molecular weight excluding hydrogens is 415 g/mol. The first-order chi connectivity index (χ1) is 14.3. The summed E-state index contributed by atoms with van der Waals surface area (Å²) in [5, 5.41) is 10.5. The molecule has 3 N–H and O–H groups in total. The molecule has 1 aromatic heterocycles. The Morgan fingerprint density at radius 3 is 2.50 bits per heavy atom. The lowest BCUT2D eigenvalue weighted by atomic mass is 10.2. The van der Waals surface area contributed by atoms with Crippen molar-refractivity contribution in [2.24, 2.45) is 4.99 Å². The van der Waals surface area contributed by atoms with Crippen LogP contribution in [0.25, 0.3) is 0 Å². The van der Waals surface area contributed by atoms with Gasteiger partial charge in [-0.15, -0.1) is 11.3 Å².